The first-order chi connectivity index (χ1) is 0. The van der Waals surface area contributed by atoms with E-state index in [9.17, 15) is 0 Å². The Hall–Kier alpha value is 2.39. The van der Waals surface area contributed by atoms with Gasteiger partial charge in [-0.1, -0.05) is 0 Å². The van der Waals surface area contributed by atoms with Gasteiger partial charge in [0, 0.05) is 0 Å². The van der Waals surface area contributed by atoms with Crippen LogP contribution in [0.15, 0.2) is 0 Å². The molecule has 0 heterocycles. The van der Waals surface area contributed by atoms with Crippen LogP contribution in [0.3, 0.4) is 0 Å². The number of rotatable bonds is 0. The summed E-state index contributed by atoms with van der Waals surface area (Å²) < 4.78 is 0. The summed E-state index contributed by atoms with van der Waals surface area (Å²) in [6.07, 6.45) is 0. The van der Waals surface area contributed by atoms with Gasteiger partial charge >= 0.3 is 59.1 Å². The van der Waals surface area contributed by atoms with Crippen LogP contribution in [0, 0.1) is 0 Å². The van der Waals surface area contributed by atoms with Crippen LogP contribution in [0.2, 0.25) is 0 Å². The number of hydrogen-bond acceptors (Lipinski definition) is 0. The molecule has 0 saturated heterocycles. The van der Waals surface area contributed by atoms with E-state index in [1.807, 2.05) is 0 Å². The minimum absolute atomic E-state index is 0. The monoisotopic (exact) mass is 118 g/mol. The first-order valence-corrected chi connectivity index (χ1v) is 0. The van der Waals surface area contributed by atoms with Gasteiger partial charge in [0.25, 0.3) is 0 Å². The average molecular weight is 118 g/mol. The van der Waals surface area contributed by atoms with Crippen LogP contribution in [-0.2, 0) is 0 Å². The molecular formula is H7AlF2Na2. The van der Waals surface area contributed by atoms with Crippen LogP contribution < -0.4 is 0 Å². The van der Waals surface area contributed by atoms with E-state index in [2.05, 4.69) is 0 Å². The predicted octanol–water partition coefficient (Wildman–Crippen LogP) is -2.18. The van der Waals surface area contributed by atoms with E-state index in [1.54, 1.807) is 0 Å². The molecule has 0 aromatic carbocycles. The van der Waals surface area contributed by atoms with Crippen molar-refractivity contribution in [2.24, 2.45) is 0 Å². The molecule has 0 saturated carbocycles. The summed E-state index contributed by atoms with van der Waals surface area (Å²) in [5, 5.41) is 0. The zero-order valence-corrected chi connectivity index (χ0v) is 0.816. The first kappa shape index (κ1) is 52.8. The van der Waals surface area contributed by atoms with Gasteiger partial charge in [-0.3, -0.25) is 9.41 Å². The van der Waals surface area contributed by atoms with E-state index in [0.29, 0.717) is 0 Å². The molecule has 5 heteroatoms. The van der Waals surface area contributed by atoms with E-state index in [1.165, 1.54) is 0 Å². The van der Waals surface area contributed by atoms with Crippen molar-refractivity contribution in [3.8, 4) is 0 Å². The average Bonchev–Trinajstić information content (AvgIpc) is 0. The van der Waals surface area contributed by atoms with Crippen LogP contribution in [0.5, 0.6) is 0 Å². The molecule has 0 bridgehead atoms. The second-order valence-corrected chi connectivity index (χ2v) is 0. The van der Waals surface area contributed by atoms with E-state index < -0.39 is 0 Å². The van der Waals surface area contributed by atoms with Crippen molar-refractivity contribution in [2.45, 2.75) is 0 Å². The Morgan fingerprint density at radius 3 is 0.600 bits per heavy atom. The fourth-order valence-corrected chi connectivity index (χ4v) is 0. The number of hydrogen-bond donors (Lipinski definition) is 0. The molecule has 0 fully saturated rings. The molecule has 5 heavy (non-hydrogen) atoms. The topological polar surface area (TPSA) is 0 Å². The zero-order chi connectivity index (χ0) is 0. The van der Waals surface area contributed by atoms with Gasteiger partial charge in [0.15, 0.2) is 17.4 Å². The molecule has 0 aliphatic heterocycles. The van der Waals surface area contributed by atoms with Crippen molar-refractivity contribution in [1.29, 1.82) is 0 Å². The van der Waals surface area contributed by atoms with Crippen molar-refractivity contribution in [1.82, 2.24) is 0 Å². The molecule has 0 rings (SSSR count). The Balaban J connectivity index is 0. The van der Waals surface area contributed by atoms with E-state index in [4.69, 9.17) is 0 Å². The molecule has 0 amide bonds. The normalized spacial score (nSPS) is 0. The van der Waals surface area contributed by atoms with Crippen LogP contribution in [0.25, 0.3) is 0 Å². The Morgan fingerprint density at radius 1 is 0.600 bits per heavy atom. The van der Waals surface area contributed by atoms with Gasteiger partial charge in [-0.05, 0) is 0 Å². The van der Waals surface area contributed by atoms with E-state index >= 15 is 0 Å². The van der Waals surface area contributed by atoms with Crippen LogP contribution in [0.4, 0.5) is 9.41 Å². The fraction of sp³-hybridized carbons (Fsp3) is 0. The summed E-state index contributed by atoms with van der Waals surface area (Å²) in [6, 6.07) is 0. The molecule has 0 aromatic rings. The van der Waals surface area contributed by atoms with Crippen molar-refractivity contribution < 1.29 is 9.41 Å². The summed E-state index contributed by atoms with van der Waals surface area (Å²) in [5.74, 6) is 0. The van der Waals surface area contributed by atoms with Gasteiger partial charge in [-0.25, -0.2) is 0 Å². The third kappa shape index (κ3) is 21.5. The second kappa shape index (κ2) is 32.5. The Morgan fingerprint density at radius 2 is 0.600 bits per heavy atom. The molecule has 0 aromatic heterocycles. The molecule has 0 spiro atoms. The Bertz CT molecular complexity index is 7.61. The van der Waals surface area contributed by atoms with Gasteiger partial charge in [0.2, 0.25) is 0 Å². The van der Waals surface area contributed by atoms with E-state index in [-0.39, 0.29) is 85.9 Å². The SMILES string of the molecule is F.F.[AlH3].[NaH].[NaH]. The predicted molar refractivity (Wildman–Crippen MR) is 29.2 cm³/mol. The van der Waals surface area contributed by atoms with Gasteiger partial charge in [-0.15, -0.1) is 0 Å². The molecule has 0 atom stereocenters. The minimum atomic E-state index is 0. The van der Waals surface area contributed by atoms with Gasteiger partial charge in [0.1, 0.15) is 0 Å². The summed E-state index contributed by atoms with van der Waals surface area (Å²) >= 11 is 0. The first-order valence-electron chi connectivity index (χ1n) is 0. The maximum absolute atomic E-state index is 0. The van der Waals surface area contributed by atoms with Crippen LogP contribution >= 0.6 is 0 Å². The van der Waals surface area contributed by atoms with Crippen LogP contribution in [-0.4, -0.2) is 76.5 Å². The summed E-state index contributed by atoms with van der Waals surface area (Å²) in [5.41, 5.74) is 0. The molecule has 0 aliphatic carbocycles. The Kier molecular flexibility index (Phi) is 343. The number of halogens is 2. The molecule has 0 unspecified atom stereocenters. The zero-order valence-electron chi connectivity index (χ0n) is 0.816. The summed E-state index contributed by atoms with van der Waals surface area (Å²) in [7, 11) is 0. The third-order valence-corrected chi connectivity index (χ3v) is 0. The quantitative estimate of drug-likeness (QED) is 0.317. The van der Waals surface area contributed by atoms with E-state index in [0.717, 1.165) is 0 Å². The van der Waals surface area contributed by atoms with Crippen LogP contribution in [0.1, 0.15) is 0 Å². The molecule has 0 N–H and O–H groups in total. The van der Waals surface area contributed by atoms with Gasteiger partial charge in [0.05, 0.1) is 0 Å². The molecule has 0 nitrogen and oxygen atoms in total. The molecule has 0 aliphatic rings. The van der Waals surface area contributed by atoms with Gasteiger partial charge in [-0.2, -0.15) is 0 Å². The molecular weight excluding hydrogens is 111 g/mol. The van der Waals surface area contributed by atoms with Crippen molar-refractivity contribution in [3.05, 3.63) is 0 Å². The van der Waals surface area contributed by atoms with Gasteiger partial charge < -0.3 is 0 Å². The van der Waals surface area contributed by atoms with Crippen molar-refractivity contribution in [3.63, 3.8) is 0 Å². The maximum atomic E-state index is 0. The standard InChI is InChI=1S/Al.2FH.2Na.5H/h;2*1H;;;;;;;. The molecule has 26 valence electrons. The summed E-state index contributed by atoms with van der Waals surface area (Å²) in [6.45, 7) is 0. The van der Waals surface area contributed by atoms with Crippen molar-refractivity contribution >= 4 is 76.5 Å². The van der Waals surface area contributed by atoms with Crippen molar-refractivity contribution in [2.75, 3.05) is 0 Å². The Labute approximate surface area is 84.5 Å². The molecule has 0 radical (unpaired) electrons. The summed E-state index contributed by atoms with van der Waals surface area (Å²) in [4.78, 5) is 0. The second-order valence-electron chi connectivity index (χ2n) is 0. The third-order valence-electron chi connectivity index (χ3n) is 0. The fourth-order valence-electron chi connectivity index (χ4n) is 0.